The molecule has 1 aromatic heterocycles. The number of rotatable bonds is 0. The number of hydrogen-bond donors (Lipinski definition) is 1. The molecule has 0 aliphatic carbocycles. The van der Waals surface area contributed by atoms with Gasteiger partial charge in [0.05, 0.1) is 11.6 Å². The molecule has 3 heteroatoms. The van der Waals surface area contributed by atoms with Crippen LogP contribution in [0.15, 0.2) is 23.1 Å². The van der Waals surface area contributed by atoms with Crippen LogP contribution in [-0.4, -0.2) is 0 Å². The molecule has 0 unspecified atom stereocenters. The molecule has 2 aromatic rings. The first kappa shape index (κ1) is 8.61. The molecule has 1 heterocycles. The van der Waals surface area contributed by atoms with Crippen molar-refractivity contribution in [2.75, 3.05) is 0 Å². The molecule has 0 bridgehead atoms. The summed E-state index contributed by atoms with van der Waals surface area (Å²) in [4.78, 5) is 2.15. The summed E-state index contributed by atoms with van der Waals surface area (Å²) < 4.78 is 1.17. The van der Waals surface area contributed by atoms with Crippen LogP contribution < -0.4 is 0 Å². The number of hydrogen-bond acceptors (Lipinski definition) is 3. The minimum atomic E-state index is 0.676. The van der Waals surface area contributed by atoms with Gasteiger partial charge in [-0.25, -0.2) is 0 Å². The van der Waals surface area contributed by atoms with Crippen molar-refractivity contribution in [3.05, 3.63) is 28.6 Å². The van der Waals surface area contributed by atoms with E-state index in [-0.39, 0.29) is 0 Å². The first-order chi connectivity index (χ1) is 6.20. The molecule has 0 amide bonds. The number of thiol groups is 1. The summed E-state index contributed by atoms with van der Waals surface area (Å²) in [6.45, 7) is 2.06. The lowest BCUT2D eigenvalue weighted by Gasteiger charge is -1.94. The summed E-state index contributed by atoms with van der Waals surface area (Å²) in [5.41, 5.74) is 0.676. The molecule has 64 valence electrons. The highest BCUT2D eigenvalue weighted by Crippen LogP contribution is 2.31. The molecule has 0 saturated heterocycles. The first-order valence-corrected chi connectivity index (χ1v) is 5.10. The Hall–Kier alpha value is -0.980. The van der Waals surface area contributed by atoms with E-state index in [1.807, 2.05) is 6.07 Å². The second-order valence-electron chi connectivity index (χ2n) is 2.88. The molecule has 1 aromatic carbocycles. The number of nitriles is 1. The van der Waals surface area contributed by atoms with E-state index in [0.717, 1.165) is 10.3 Å². The lowest BCUT2D eigenvalue weighted by molar-refractivity contribution is 1.47. The third-order valence-electron chi connectivity index (χ3n) is 1.85. The Morgan fingerprint density at radius 1 is 1.38 bits per heavy atom. The maximum Gasteiger partial charge on any atom is 0.0992 e. The topological polar surface area (TPSA) is 23.8 Å². The van der Waals surface area contributed by atoms with E-state index < -0.39 is 0 Å². The van der Waals surface area contributed by atoms with Gasteiger partial charge in [0.25, 0.3) is 0 Å². The van der Waals surface area contributed by atoms with Crippen LogP contribution in [0.4, 0.5) is 0 Å². The van der Waals surface area contributed by atoms with Gasteiger partial charge in [-0.1, -0.05) is 0 Å². The standard InChI is InChI=1S/C10H7NS2/c1-6-2-8-3-7(5-11)4-9(12)10(8)13-6/h2-4,12H,1H3. The summed E-state index contributed by atoms with van der Waals surface area (Å²) in [5, 5.41) is 9.86. The van der Waals surface area contributed by atoms with E-state index >= 15 is 0 Å². The maximum atomic E-state index is 8.75. The van der Waals surface area contributed by atoms with Crippen LogP contribution in [0.1, 0.15) is 10.4 Å². The van der Waals surface area contributed by atoms with Crippen molar-refractivity contribution in [1.82, 2.24) is 0 Å². The fraction of sp³-hybridized carbons (Fsp3) is 0.100. The second kappa shape index (κ2) is 3.06. The van der Waals surface area contributed by atoms with E-state index in [4.69, 9.17) is 5.26 Å². The van der Waals surface area contributed by atoms with Crippen molar-refractivity contribution >= 4 is 34.1 Å². The van der Waals surface area contributed by atoms with Crippen LogP contribution in [0, 0.1) is 18.3 Å². The number of fused-ring (bicyclic) bond motifs is 1. The summed E-state index contributed by atoms with van der Waals surface area (Å²) in [6, 6.07) is 7.92. The highest BCUT2D eigenvalue weighted by molar-refractivity contribution is 7.80. The molecule has 0 aliphatic heterocycles. The van der Waals surface area contributed by atoms with Crippen molar-refractivity contribution in [2.24, 2.45) is 0 Å². The van der Waals surface area contributed by atoms with Gasteiger partial charge in [-0.2, -0.15) is 5.26 Å². The summed E-state index contributed by atoms with van der Waals surface area (Å²) in [7, 11) is 0. The van der Waals surface area contributed by atoms with Crippen molar-refractivity contribution in [3.8, 4) is 6.07 Å². The fourth-order valence-corrected chi connectivity index (χ4v) is 2.64. The van der Waals surface area contributed by atoms with Gasteiger partial charge in [0, 0.05) is 14.5 Å². The molecule has 0 radical (unpaired) electrons. The summed E-state index contributed by atoms with van der Waals surface area (Å²) in [6.07, 6.45) is 0. The van der Waals surface area contributed by atoms with Gasteiger partial charge in [0.2, 0.25) is 0 Å². The maximum absolute atomic E-state index is 8.75. The zero-order valence-electron chi connectivity index (χ0n) is 7.03. The van der Waals surface area contributed by atoms with Crippen molar-refractivity contribution in [1.29, 1.82) is 5.26 Å². The molecular weight excluding hydrogens is 198 g/mol. The molecule has 0 atom stereocenters. The van der Waals surface area contributed by atoms with Gasteiger partial charge in [-0.15, -0.1) is 24.0 Å². The molecular formula is C10H7NS2. The smallest absolute Gasteiger partial charge is 0.0992 e. The van der Waals surface area contributed by atoms with E-state index in [2.05, 4.69) is 31.7 Å². The highest BCUT2D eigenvalue weighted by Gasteiger charge is 2.03. The summed E-state index contributed by atoms with van der Waals surface area (Å²) >= 11 is 6.06. The zero-order valence-corrected chi connectivity index (χ0v) is 8.75. The monoisotopic (exact) mass is 205 g/mol. The largest absolute Gasteiger partial charge is 0.192 e. The third-order valence-corrected chi connectivity index (χ3v) is 3.45. The minimum Gasteiger partial charge on any atom is -0.192 e. The number of aryl methyl sites for hydroxylation is 1. The number of nitrogens with zero attached hydrogens (tertiary/aromatic N) is 1. The quantitative estimate of drug-likeness (QED) is 0.655. The van der Waals surface area contributed by atoms with Gasteiger partial charge >= 0.3 is 0 Å². The molecule has 2 rings (SSSR count). The van der Waals surface area contributed by atoms with Crippen LogP contribution in [-0.2, 0) is 0 Å². The van der Waals surface area contributed by atoms with Gasteiger partial charge in [-0.05, 0) is 30.5 Å². The average molecular weight is 205 g/mol. The van der Waals surface area contributed by atoms with Crippen LogP contribution in [0.2, 0.25) is 0 Å². The lowest BCUT2D eigenvalue weighted by atomic mass is 10.2. The SMILES string of the molecule is Cc1cc2cc(C#N)cc(S)c2s1. The Labute approximate surface area is 86.0 Å². The normalized spacial score (nSPS) is 10.2. The van der Waals surface area contributed by atoms with Gasteiger partial charge in [0.1, 0.15) is 0 Å². The van der Waals surface area contributed by atoms with Crippen molar-refractivity contribution in [2.45, 2.75) is 11.8 Å². The molecule has 0 N–H and O–H groups in total. The Balaban J connectivity index is 2.85. The van der Waals surface area contributed by atoms with E-state index in [1.165, 1.54) is 9.58 Å². The van der Waals surface area contributed by atoms with Crippen molar-refractivity contribution < 1.29 is 0 Å². The molecule has 1 nitrogen and oxygen atoms in total. The number of thiophene rings is 1. The van der Waals surface area contributed by atoms with Crippen LogP contribution in [0.3, 0.4) is 0 Å². The third kappa shape index (κ3) is 1.43. The summed E-state index contributed by atoms with van der Waals surface area (Å²) in [5.74, 6) is 0. The Morgan fingerprint density at radius 3 is 2.85 bits per heavy atom. The number of benzene rings is 1. The zero-order chi connectivity index (χ0) is 9.42. The Morgan fingerprint density at radius 2 is 2.15 bits per heavy atom. The molecule has 13 heavy (non-hydrogen) atoms. The lowest BCUT2D eigenvalue weighted by Crippen LogP contribution is -1.74. The van der Waals surface area contributed by atoms with Gasteiger partial charge in [0.15, 0.2) is 0 Å². The Kier molecular flexibility index (Phi) is 2.03. The van der Waals surface area contributed by atoms with Crippen LogP contribution >= 0.6 is 24.0 Å². The van der Waals surface area contributed by atoms with E-state index in [9.17, 15) is 0 Å². The van der Waals surface area contributed by atoms with Crippen LogP contribution in [0.5, 0.6) is 0 Å². The molecule has 0 spiro atoms. The van der Waals surface area contributed by atoms with E-state index in [0.29, 0.717) is 5.56 Å². The second-order valence-corrected chi connectivity index (χ2v) is 4.62. The van der Waals surface area contributed by atoms with E-state index in [1.54, 1.807) is 17.4 Å². The molecule has 0 saturated carbocycles. The predicted molar refractivity (Wildman–Crippen MR) is 58.5 cm³/mol. The minimum absolute atomic E-state index is 0.676. The average Bonchev–Trinajstić information content (AvgIpc) is 2.46. The van der Waals surface area contributed by atoms with Crippen LogP contribution in [0.25, 0.3) is 10.1 Å². The Bertz CT molecular complexity index is 505. The fourth-order valence-electron chi connectivity index (χ4n) is 1.33. The predicted octanol–water partition coefficient (Wildman–Crippen LogP) is 3.37. The van der Waals surface area contributed by atoms with Gasteiger partial charge < -0.3 is 0 Å². The molecule has 0 fully saturated rings. The van der Waals surface area contributed by atoms with Gasteiger partial charge in [-0.3, -0.25) is 0 Å². The first-order valence-electron chi connectivity index (χ1n) is 3.84. The highest BCUT2D eigenvalue weighted by atomic mass is 32.1. The molecule has 0 aliphatic rings. The van der Waals surface area contributed by atoms with Crippen molar-refractivity contribution in [3.63, 3.8) is 0 Å².